The van der Waals surface area contributed by atoms with Crippen molar-refractivity contribution in [3.8, 4) is 5.75 Å². The zero-order valence-corrected chi connectivity index (χ0v) is 15.5. The van der Waals surface area contributed by atoms with Crippen LogP contribution < -0.4 is 5.32 Å². The van der Waals surface area contributed by atoms with Gasteiger partial charge in [-0.15, -0.1) is 0 Å². The normalized spacial score (nSPS) is 10.5. The maximum atomic E-state index is 12.2. The number of rotatable bonds is 4. The summed E-state index contributed by atoms with van der Waals surface area (Å²) in [5.41, 5.74) is 1.61. The van der Waals surface area contributed by atoms with Gasteiger partial charge in [0.1, 0.15) is 11.3 Å². The fourth-order valence-electron chi connectivity index (χ4n) is 2.55. The zero-order chi connectivity index (χ0) is 18.7. The number of aryl methyl sites for hydroxylation is 1. The summed E-state index contributed by atoms with van der Waals surface area (Å²) in [7, 11) is 0. The number of carbonyl (C=O) groups excluding carboxylic acids is 2. The van der Waals surface area contributed by atoms with E-state index in [0.717, 1.165) is 15.4 Å². The van der Waals surface area contributed by atoms with Crippen LogP contribution in [0.3, 0.4) is 0 Å². The van der Waals surface area contributed by atoms with Gasteiger partial charge in [-0.1, -0.05) is 46.3 Å². The van der Waals surface area contributed by atoms with Crippen molar-refractivity contribution in [2.75, 3.05) is 11.9 Å². The van der Waals surface area contributed by atoms with Crippen LogP contribution in [0.2, 0.25) is 0 Å². The molecule has 0 saturated heterocycles. The molecule has 2 N–H and O–H groups in total. The minimum absolute atomic E-state index is 0.0241. The monoisotopic (exact) mass is 413 g/mol. The molecule has 0 bridgehead atoms. The van der Waals surface area contributed by atoms with Crippen molar-refractivity contribution in [1.82, 2.24) is 0 Å². The number of hydrogen-bond acceptors (Lipinski definition) is 4. The number of fused-ring (bicyclic) bond motifs is 1. The Balaban J connectivity index is 1.66. The highest BCUT2D eigenvalue weighted by Crippen LogP contribution is 2.29. The molecular weight excluding hydrogens is 398 g/mol. The first kappa shape index (κ1) is 17.9. The van der Waals surface area contributed by atoms with Crippen molar-refractivity contribution in [2.24, 2.45) is 0 Å². The quantitative estimate of drug-likeness (QED) is 0.621. The SMILES string of the molecule is Cc1cc(NC(=O)COC(=O)c2ccc3ccccc3c2O)ccc1Br. The third-order valence-electron chi connectivity index (χ3n) is 3.90. The van der Waals surface area contributed by atoms with Crippen LogP contribution in [0.4, 0.5) is 5.69 Å². The first-order valence-electron chi connectivity index (χ1n) is 7.89. The number of ether oxygens (including phenoxy) is 1. The highest BCUT2D eigenvalue weighted by atomic mass is 79.9. The predicted octanol–water partition coefficient (Wildman–Crippen LogP) is 4.41. The number of hydrogen-bond donors (Lipinski definition) is 2. The number of carbonyl (C=O) groups is 2. The number of aromatic hydroxyl groups is 1. The van der Waals surface area contributed by atoms with Crippen LogP contribution in [0.1, 0.15) is 15.9 Å². The van der Waals surface area contributed by atoms with Gasteiger partial charge in [-0.2, -0.15) is 0 Å². The molecule has 0 aliphatic rings. The first-order valence-corrected chi connectivity index (χ1v) is 8.69. The molecule has 1 amide bonds. The summed E-state index contributed by atoms with van der Waals surface area (Å²) in [6.45, 7) is 1.46. The van der Waals surface area contributed by atoms with Crippen molar-refractivity contribution in [2.45, 2.75) is 6.92 Å². The van der Waals surface area contributed by atoms with Crippen LogP contribution in [0, 0.1) is 6.92 Å². The zero-order valence-electron chi connectivity index (χ0n) is 14.0. The van der Waals surface area contributed by atoms with E-state index < -0.39 is 18.5 Å². The Morgan fingerprint density at radius 2 is 1.88 bits per heavy atom. The maximum absolute atomic E-state index is 12.2. The van der Waals surface area contributed by atoms with Crippen LogP contribution in [0.5, 0.6) is 5.75 Å². The Hall–Kier alpha value is -2.86. The molecule has 5 nitrogen and oxygen atoms in total. The van der Waals surface area contributed by atoms with E-state index in [1.807, 2.05) is 25.1 Å². The summed E-state index contributed by atoms with van der Waals surface area (Å²) in [4.78, 5) is 24.2. The Bertz CT molecular complexity index is 1000. The van der Waals surface area contributed by atoms with E-state index in [9.17, 15) is 14.7 Å². The molecule has 0 saturated carbocycles. The van der Waals surface area contributed by atoms with Crippen LogP contribution in [0.15, 0.2) is 59.1 Å². The second-order valence-corrected chi connectivity index (χ2v) is 6.63. The van der Waals surface area contributed by atoms with Gasteiger partial charge in [-0.25, -0.2) is 4.79 Å². The number of anilines is 1. The molecule has 0 fully saturated rings. The predicted molar refractivity (Wildman–Crippen MR) is 103 cm³/mol. The van der Waals surface area contributed by atoms with E-state index in [2.05, 4.69) is 21.2 Å². The molecule has 3 rings (SSSR count). The van der Waals surface area contributed by atoms with E-state index in [4.69, 9.17) is 4.74 Å². The van der Waals surface area contributed by atoms with Gasteiger partial charge in [0.25, 0.3) is 5.91 Å². The molecule has 0 atom stereocenters. The molecule has 0 spiro atoms. The number of phenolic OH excluding ortho intramolecular Hbond substituents is 1. The summed E-state index contributed by atoms with van der Waals surface area (Å²) in [5, 5.41) is 14.3. The first-order chi connectivity index (χ1) is 12.5. The van der Waals surface area contributed by atoms with Crippen LogP contribution >= 0.6 is 15.9 Å². The average Bonchev–Trinajstić information content (AvgIpc) is 2.63. The lowest BCUT2D eigenvalue weighted by atomic mass is 10.1. The third-order valence-corrected chi connectivity index (χ3v) is 4.79. The molecule has 0 radical (unpaired) electrons. The summed E-state index contributed by atoms with van der Waals surface area (Å²) in [6, 6.07) is 15.7. The molecule has 0 aromatic heterocycles. The van der Waals surface area contributed by atoms with Crippen molar-refractivity contribution < 1.29 is 19.4 Å². The van der Waals surface area contributed by atoms with E-state index in [-0.39, 0.29) is 11.3 Å². The Morgan fingerprint density at radius 1 is 1.12 bits per heavy atom. The van der Waals surface area contributed by atoms with Crippen LogP contribution in [-0.4, -0.2) is 23.6 Å². The number of nitrogens with one attached hydrogen (secondary N) is 1. The van der Waals surface area contributed by atoms with Crippen molar-refractivity contribution in [3.63, 3.8) is 0 Å². The third kappa shape index (κ3) is 3.86. The summed E-state index contributed by atoms with van der Waals surface area (Å²) in [6.07, 6.45) is 0. The van der Waals surface area contributed by atoms with E-state index in [1.165, 1.54) is 6.07 Å². The fraction of sp³-hybridized carbons (Fsp3) is 0.100. The number of amides is 1. The number of phenols is 1. The van der Waals surface area contributed by atoms with E-state index >= 15 is 0 Å². The largest absolute Gasteiger partial charge is 0.506 e. The molecule has 6 heteroatoms. The Morgan fingerprint density at radius 3 is 2.65 bits per heavy atom. The van der Waals surface area contributed by atoms with Gasteiger partial charge in [0.05, 0.1) is 0 Å². The van der Waals surface area contributed by atoms with Crippen molar-refractivity contribution in [3.05, 3.63) is 70.2 Å². The van der Waals surface area contributed by atoms with Crippen LogP contribution in [0.25, 0.3) is 10.8 Å². The van der Waals surface area contributed by atoms with Gasteiger partial charge in [0, 0.05) is 15.5 Å². The number of halogens is 1. The maximum Gasteiger partial charge on any atom is 0.342 e. The Kier molecular flexibility index (Phi) is 5.23. The molecule has 26 heavy (non-hydrogen) atoms. The lowest BCUT2D eigenvalue weighted by Crippen LogP contribution is -2.21. The molecule has 0 heterocycles. The smallest absolute Gasteiger partial charge is 0.342 e. The van der Waals surface area contributed by atoms with Crippen molar-refractivity contribution >= 4 is 44.3 Å². The minimum Gasteiger partial charge on any atom is -0.506 e. The molecule has 3 aromatic rings. The summed E-state index contributed by atoms with van der Waals surface area (Å²) >= 11 is 3.39. The fourth-order valence-corrected chi connectivity index (χ4v) is 2.79. The minimum atomic E-state index is -0.754. The lowest BCUT2D eigenvalue weighted by molar-refractivity contribution is -0.119. The molecule has 0 aliphatic heterocycles. The molecule has 132 valence electrons. The van der Waals surface area contributed by atoms with Crippen molar-refractivity contribution in [1.29, 1.82) is 0 Å². The average molecular weight is 414 g/mol. The van der Waals surface area contributed by atoms with Crippen LogP contribution in [-0.2, 0) is 9.53 Å². The molecule has 0 unspecified atom stereocenters. The van der Waals surface area contributed by atoms with Gasteiger partial charge in [-0.3, -0.25) is 4.79 Å². The molecular formula is C20H16BrNO4. The second kappa shape index (κ2) is 7.58. The molecule has 3 aromatic carbocycles. The lowest BCUT2D eigenvalue weighted by Gasteiger charge is -2.10. The number of esters is 1. The standard InChI is InChI=1S/C20H16BrNO4/c1-12-10-14(7-9-17(12)21)22-18(23)11-26-20(25)16-8-6-13-4-2-3-5-15(13)19(16)24/h2-10,24H,11H2,1H3,(H,22,23). The van der Waals surface area contributed by atoms with Gasteiger partial charge in [0.2, 0.25) is 0 Å². The highest BCUT2D eigenvalue weighted by Gasteiger charge is 2.16. The molecule has 0 aliphatic carbocycles. The summed E-state index contributed by atoms with van der Waals surface area (Å²) < 4.78 is 5.96. The van der Waals surface area contributed by atoms with Gasteiger partial charge in [-0.05, 0) is 42.1 Å². The van der Waals surface area contributed by atoms with Gasteiger partial charge in [0.15, 0.2) is 6.61 Å². The van der Waals surface area contributed by atoms with Gasteiger partial charge >= 0.3 is 5.97 Å². The summed E-state index contributed by atoms with van der Waals surface area (Å²) in [5.74, 6) is -1.37. The topological polar surface area (TPSA) is 75.6 Å². The van der Waals surface area contributed by atoms with E-state index in [1.54, 1.807) is 30.3 Å². The Labute approximate surface area is 158 Å². The highest BCUT2D eigenvalue weighted by molar-refractivity contribution is 9.10. The van der Waals surface area contributed by atoms with Gasteiger partial charge < -0.3 is 15.2 Å². The van der Waals surface area contributed by atoms with E-state index in [0.29, 0.717) is 11.1 Å². The number of benzene rings is 3. The second-order valence-electron chi connectivity index (χ2n) is 5.77.